The predicted molar refractivity (Wildman–Crippen MR) is 92.3 cm³/mol. The summed E-state index contributed by atoms with van der Waals surface area (Å²) in [5, 5.41) is 0. The van der Waals surface area contributed by atoms with Crippen LogP contribution in [0.2, 0.25) is 0 Å². The zero-order chi connectivity index (χ0) is 17.4. The van der Waals surface area contributed by atoms with Crippen molar-refractivity contribution in [2.45, 2.75) is 26.7 Å². The first kappa shape index (κ1) is 20.5. The highest BCUT2D eigenvalue weighted by atomic mass is 79.9. The standard InChI is InChI=1S/C15H21Br2NO5/c1-10(2)9-11(19)3-5-22-7-8-23-6-4-18-14(20)12(16)13(17)15(18)21/h10H,3-9H2,1-2H3. The highest BCUT2D eigenvalue weighted by molar-refractivity contribution is 9.14. The smallest absolute Gasteiger partial charge is 0.269 e. The quantitative estimate of drug-likeness (QED) is 0.354. The van der Waals surface area contributed by atoms with E-state index in [2.05, 4.69) is 31.9 Å². The van der Waals surface area contributed by atoms with E-state index in [-0.39, 0.29) is 39.7 Å². The van der Waals surface area contributed by atoms with Gasteiger partial charge in [0.05, 0.1) is 33.0 Å². The summed E-state index contributed by atoms with van der Waals surface area (Å²) in [6.07, 6.45) is 1.000. The van der Waals surface area contributed by atoms with Gasteiger partial charge >= 0.3 is 0 Å². The number of rotatable bonds is 11. The van der Waals surface area contributed by atoms with Crippen molar-refractivity contribution >= 4 is 49.5 Å². The zero-order valence-electron chi connectivity index (χ0n) is 13.3. The lowest BCUT2D eigenvalue weighted by molar-refractivity contribution is -0.137. The molecule has 0 fully saturated rings. The van der Waals surface area contributed by atoms with E-state index in [0.29, 0.717) is 38.6 Å². The number of nitrogens with zero attached hydrogens (tertiary/aromatic N) is 1. The molecule has 8 heteroatoms. The minimum atomic E-state index is -0.370. The largest absolute Gasteiger partial charge is 0.379 e. The lowest BCUT2D eigenvalue weighted by Gasteiger charge is -2.14. The number of ketones is 1. The van der Waals surface area contributed by atoms with Crippen molar-refractivity contribution in [2.24, 2.45) is 5.92 Å². The first-order valence-electron chi connectivity index (χ1n) is 7.43. The van der Waals surface area contributed by atoms with Crippen LogP contribution in [-0.2, 0) is 23.9 Å². The minimum absolute atomic E-state index is 0.189. The lowest BCUT2D eigenvalue weighted by Crippen LogP contribution is -2.34. The van der Waals surface area contributed by atoms with Gasteiger partial charge in [-0.2, -0.15) is 0 Å². The normalized spacial score (nSPS) is 15.3. The SMILES string of the molecule is CC(C)CC(=O)CCOCCOCCN1C(=O)C(Br)=C(Br)C1=O. The Morgan fingerprint density at radius 1 is 1.00 bits per heavy atom. The molecule has 130 valence electrons. The zero-order valence-corrected chi connectivity index (χ0v) is 16.4. The molecule has 1 heterocycles. The first-order chi connectivity index (χ1) is 10.8. The molecule has 0 aromatic rings. The number of hydrogen-bond donors (Lipinski definition) is 0. The molecule has 0 atom stereocenters. The van der Waals surface area contributed by atoms with Crippen LogP contribution >= 0.6 is 31.9 Å². The van der Waals surface area contributed by atoms with Crippen LogP contribution in [0.15, 0.2) is 8.96 Å². The molecule has 0 bridgehead atoms. The summed E-state index contributed by atoms with van der Waals surface area (Å²) in [4.78, 5) is 36.0. The Morgan fingerprint density at radius 2 is 1.52 bits per heavy atom. The first-order valence-corrected chi connectivity index (χ1v) is 9.01. The maximum Gasteiger partial charge on any atom is 0.269 e. The summed E-state index contributed by atoms with van der Waals surface area (Å²) >= 11 is 6.12. The van der Waals surface area contributed by atoms with E-state index in [1.54, 1.807) is 0 Å². The van der Waals surface area contributed by atoms with Crippen molar-refractivity contribution in [2.75, 3.05) is 33.0 Å². The van der Waals surface area contributed by atoms with Crippen LogP contribution < -0.4 is 0 Å². The molecule has 0 N–H and O–H groups in total. The minimum Gasteiger partial charge on any atom is -0.379 e. The summed E-state index contributed by atoms with van der Waals surface area (Å²) in [5.41, 5.74) is 0. The van der Waals surface area contributed by atoms with Gasteiger partial charge in [0, 0.05) is 12.8 Å². The topological polar surface area (TPSA) is 72.9 Å². The van der Waals surface area contributed by atoms with Crippen LogP contribution in [0.3, 0.4) is 0 Å². The monoisotopic (exact) mass is 453 g/mol. The van der Waals surface area contributed by atoms with Crippen molar-refractivity contribution < 1.29 is 23.9 Å². The van der Waals surface area contributed by atoms with Crippen LogP contribution in [0.5, 0.6) is 0 Å². The number of imide groups is 1. The fraction of sp³-hybridized carbons (Fsp3) is 0.667. The van der Waals surface area contributed by atoms with E-state index in [0.717, 1.165) is 4.90 Å². The van der Waals surface area contributed by atoms with Gasteiger partial charge < -0.3 is 9.47 Å². The van der Waals surface area contributed by atoms with Crippen LogP contribution in [0.1, 0.15) is 26.7 Å². The average Bonchev–Trinajstić information content (AvgIpc) is 2.66. The van der Waals surface area contributed by atoms with Gasteiger partial charge in [0.25, 0.3) is 11.8 Å². The van der Waals surface area contributed by atoms with Gasteiger partial charge in [-0.05, 0) is 37.8 Å². The van der Waals surface area contributed by atoms with E-state index in [9.17, 15) is 14.4 Å². The van der Waals surface area contributed by atoms with Gasteiger partial charge in [-0.15, -0.1) is 0 Å². The number of ether oxygens (including phenoxy) is 2. The fourth-order valence-corrected chi connectivity index (χ4v) is 2.71. The second kappa shape index (κ2) is 10.3. The maximum absolute atomic E-state index is 11.7. The van der Waals surface area contributed by atoms with E-state index >= 15 is 0 Å². The average molecular weight is 455 g/mol. The number of hydrogen-bond acceptors (Lipinski definition) is 5. The van der Waals surface area contributed by atoms with Crippen LogP contribution in [0, 0.1) is 5.92 Å². The second-order valence-corrected chi connectivity index (χ2v) is 7.09. The van der Waals surface area contributed by atoms with Gasteiger partial charge in [0.15, 0.2) is 0 Å². The summed E-state index contributed by atoms with van der Waals surface area (Å²) < 4.78 is 11.1. The van der Waals surface area contributed by atoms with Crippen molar-refractivity contribution in [1.29, 1.82) is 0 Å². The molecular weight excluding hydrogens is 434 g/mol. The van der Waals surface area contributed by atoms with Crippen molar-refractivity contribution in [1.82, 2.24) is 4.90 Å². The van der Waals surface area contributed by atoms with E-state index in [1.807, 2.05) is 13.8 Å². The Kier molecular flexibility index (Phi) is 9.19. The predicted octanol–water partition coefficient (Wildman–Crippen LogP) is 2.40. The van der Waals surface area contributed by atoms with Crippen molar-refractivity contribution in [3.05, 3.63) is 8.96 Å². The number of amides is 2. The molecule has 0 unspecified atom stereocenters. The number of Topliss-reactive ketones (excluding diaryl/α,β-unsaturated/α-hetero) is 1. The van der Waals surface area contributed by atoms with Crippen LogP contribution in [0.4, 0.5) is 0 Å². The molecule has 0 saturated heterocycles. The Hall–Kier alpha value is -0.570. The molecular formula is C15H21Br2NO5. The van der Waals surface area contributed by atoms with Gasteiger partial charge in [-0.25, -0.2) is 0 Å². The third-order valence-corrected chi connectivity index (χ3v) is 5.05. The molecule has 1 aliphatic heterocycles. The van der Waals surface area contributed by atoms with Crippen LogP contribution in [-0.4, -0.2) is 55.5 Å². The van der Waals surface area contributed by atoms with Gasteiger partial charge in [-0.1, -0.05) is 13.8 Å². The molecule has 23 heavy (non-hydrogen) atoms. The Labute approximate surface area is 152 Å². The molecule has 1 aliphatic rings. The van der Waals surface area contributed by atoms with E-state index in [4.69, 9.17) is 9.47 Å². The number of carbonyl (C=O) groups is 3. The highest BCUT2D eigenvalue weighted by Crippen LogP contribution is 2.28. The second-order valence-electron chi connectivity index (χ2n) is 5.50. The van der Waals surface area contributed by atoms with Gasteiger partial charge in [0.2, 0.25) is 0 Å². The third kappa shape index (κ3) is 6.82. The molecule has 0 aromatic heterocycles. The third-order valence-electron chi connectivity index (χ3n) is 3.05. The number of carbonyl (C=O) groups excluding carboxylic acids is 3. The Bertz CT molecular complexity index is 466. The highest BCUT2D eigenvalue weighted by Gasteiger charge is 2.35. The molecule has 0 radical (unpaired) electrons. The molecule has 0 aromatic carbocycles. The lowest BCUT2D eigenvalue weighted by atomic mass is 10.1. The van der Waals surface area contributed by atoms with Gasteiger partial charge in [0.1, 0.15) is 14.7 Å². The van der Waals surface area contributed by atoms with Crippen molar-refractivity contribution in [3.8, 4) is 0 Å². The summed E-state index contributed by atoms with van der Waals surface area (Å²) in [6, 6.07) is 0. The Morgan fingerprint density at radius 3 is 2.04 bits per heavy atom. The molecule has 2 amide bonds. The van der Waals surface area contributed by atoms with Gasteiger partial charge in [-0.3, -0.25) is 19.3 Å². The molecule has 1 rings (SSSR count). The maximum atomic E-state index is 11.7. The number of halogens is 2. The summed E-state index contributed by atoms with van der Waals surface area (Å²) in [5.74, 6) is -0.164. The molecule has 0 spiro atoms. The van der Waals surface area contributed by atoms with Crippen LogP contribution in [0.25, 0.3) is 0 Å². The summed E-state index contributed by atoms with van der Waals surface area (Å²) in [6.45, 7) is 5.57. The molecule has 6 nitrogen and oxygen atoms in total. The Balaban J connectivity index is 2.04. The fourth-order valence-electron chi connectivity index (χ4n) is 1.94. The molecule has 0 saturated carbocycles. The van der Waals surface area contributed by atoms with Crippen molar-refractivity contribution in [3.63, 3.8) is 0 Å². The van der Waals surface area contributed by atoms with E-state index < -0.39 is 0 Å². The summed E-state index contributed by atoms with van der Waals surface area (Å²) in [7, 11) is 0. The van der Waals surface area contributed by atoms with E-state index in [1.165, 1.54) is 0 Å². The molecule has 0 aliphatic carbocycles.